The molecule has 4 saturated carbocycles. The van der Waals surface area contributed by atoms with Crippen LogP contribution in [0, 0.1) is 34.5 Å². The van der Waals surface area contributed by atoms with Crippen molar-refractivity contribution in [3.05, 3.63) is 0 Å². The summed E-state index contributed by atoms with van der Waals surface area (Å²) in [5.41, 5.74) is 0.541. The first-order chi connectivity index (χ1) is 8.10. The Kier molecular flexibility index (Phi) is 2.70. The zero-order valence-corrected chi connectivity index (χ0v) is 11.2. The topological polar surface area (TPSA) is 27.0 Å². The van der Waals surface area contributed by atoms with Crippen LogP contribution in [0.15, 0.2) is 0 Å². The van der Waals surface area contributed by atoms with Crippen molar-refractivity contribution in [2.45, 2.75) is 51.0 Å². The lowest BCUT2D eigenvalue weighted by Gasteiger charge is -2.57. The Hall–Kier alpha value is -0.550. The maximum Gasteiger partial charge on any atom is 0.0978 e. The van der Waals surface area contributed by atoms with E-state index in [1.165, 1.54) is 38.5 Å². The van der Waals surface area contributed by atoms with Gasteiger partial charge in [0.05, 0.1) is 12.1 Å². The van der Waals surface area contributed by atoms with Crippen LogP contribution in [0.2, 0.25) is 0 Å². The van der Waals surface area contributed by atoms with E-state index >= 15 is 0 Å². The molecular weight excluding hydrogens is 208 g/mol. The van der Waals surface area contributed by atoms with Crippen LogP contribution in [0.1, 0.15) is 44.9 Å². The summed E-state index contributed by atoms with van der Waals surface area (Å²) in [7, 11) is 4.10. The van der Waals surface area contributed by atoms with Gasteiger partial charge < -0.3 is 0 Å². The molecule has 0 amide bonds. The smallest absolute Gasteiger partial charge is 0.0978 e. The highest BCUT2D eigenvalue weighted by molar-refractivity contribution is 5.05. The molecule has 94 valence electrons. The average Bonchev–Trinajstić information content (AvgIpc) is 2.23. The predicted molar refractivity (Wildman–Crippen MR) is 68.3 cm³/mol. The highest BCUT2D eigenvalue weighted by atomic mass is 15.1. The summed E-state index contributed by atoms with van der Waals surface area (Å²) in [6, 6.07) is 2.63. The molecule has 0 saturated heterocycles. The second-order valence-corrected chi connectivity index (χ2v) is 7.23. The zero-order valence-electron chi connectivity index (χ0n) is 11.2. The Morgan fingerprint density at radius 3 is 1.94 bits per heavy atom. The van der Waals surface area contributed by atoms with Gasteiger partial charge in [0, 0.05) is 0 Å². The van der Waals surface area contributed by atoms with Gasteiger partial charge in [-0.1, -0.05) is 0 Å². The Morgan fingerprint density at radius 2 is 1.59 bits per heavy atom. The maximum atomic E-state index is 9.31. The van der Waals surface area contributed by atoms with E-state index in [0.29, 0.717) is 5.41 Å². The molecule has 17 heavy (non-hydrogen) atoms. The summed E-state index contributed by atoms with van der Waals surface area (Å²) in [5.74, 6) is 3.01. The minimum atomic E-state index is 0.131. The molecule has 4 fully saturated rings. The summed E-state index contributed by atoms with van der Waals surface area (Å²) in [4.78, 5) is 2.11. The maximum absolute atomic E-state index is 9.31. The molecule has 4 bridgehead atoms. The third-order valence-corrected chi connectivity index (χ3v) is 5.56. The fourth-order valence-electron chi connectivity index (χ4n) is 5.29. The molecule has 1 unspecified atom stereocenters. The first kappa shape index (κ1) is 11.5. The molecule has 0 aromatic rings. The van der Waals surface area contributed by atoms with Gasteiger partial charge in [0.15, 0.2) is 0 Å². The Balaban J connectivity index is 1.76. The highest BCUT2D eigenvalue weighted by Crippen LogP contribution is 2.61. The van der Waals surface area contributed by atoms with Crippen molar-refractivity contribution in [2.24, 2.45) is 23.2 Å². The molecular formula is C15H24N2. The number of nitriles is 1. The van der Waals surface area contributed by atoms with Gasteiger partial charge in [0.1, 0.15) is 0 Å². The third kappa shape index (κ3) is 1.99. The van der Waals surface area contributed by atoms with Gasteiger partial charge in [0.2, 0.25) is 0 Å². The minimum absolute atomic E-state index is 0.131. The van der Waals surface area contributed by atoms with E-state index in [4.69, 9.17) is 0 Å². The van der Waals surface area contributed by atoms with Crippen LogP contribution in [0.5, 0.6) is 0 Å². The molecule has 0 aromatic heterocycles. The van der Waals surface area contributed by atoms with Crippen LogP contribution in [-0.2, 0) is 0 Å². The quantitative estimate of drug-likeness (QED) is 0.748. The van der Waals surface area contributed by atoms with E-state index in [0.717, 1.165) is 24.2 Å². The molecule has 0 aliphatic heterocycles. The molecule has 0 radical (unpaired) electrons. The second kappa shape index (κ2) is 3.99. The lowest BCUT2D eigenvalue weighted by Crippen LogP contribution is -2.48. The van der Waals surface area contributed by atoms with Gasteiger partial charge in [-0.2, -0.15) is 5.26 Å². The first-order valence-corrected chi connectivity index (χ1v) is 7.16. The molecule has 2 nitrogen and oxygen atoms in total. The van der Waals surface area contributed by atoms with E-state index < -0.39 is 0 Å². The molecule has 0 aromatic carbocycles. The van der Waals surface area contributed by atoms with E-state index in [2.05, 4.69) is 11.0 Å². The first-order valence-electron chi connectivity index (χ1n) is 7.16. The van der Waals surface area contributed by atoms with Crippen molar-refractivity contribution in [3.8, 4) is 6.07 Å². The van der Waals surface area contributed by atoms with Gasteiger partial charge in [-0.15, -0.1) is 0 Å². The molecule has 0 spiro atoms. The number of nitrogens with zero attached hydrogens (tertiary/aromatic N) is 2. The Bertz CT molecular complexity index is 304. The van der Waals surface area contributed by atoms with Gasteiger partial charge in [-0.25, -0.2) is 0 Å². The number of hydrogen-bond donors (Lipinski definition) is 0. The summed E-state index contributed by atoms with van der Waals surface area (Å²) < 4.78 is 0. The van der Waals surface area contributed by atoms with Crippen molar-refractivity contribution in [3.63, 3.8) is 0 Å². The number of hydrogen-bond acceptors (Lipinski definition) is 2. The second-order valence-electron chi connectivity index (χ2n) is 7.23. The standard InChI is InChI=1S/C15H24N2/c1-17(2)14(10-16)9-15-6-11-3-12(7-15)5-13(4-11)8-15/h11-14H,3-9H2,1-2H3. The molecule has 4 aliphatic carbocycles. The SMILES string of the molecule is CN(C)C(C#N)CC12CC3CC(CC(C3)C1)C2. The van der Waals surface area contributed by atoms with Crippen molar-refractivity contribution >= 4 is 0 Å². The van der Waals surface area contributed by atoms with Crippen LogP contribution >= 0.6 is 0 Å². The molecule has 4 rings (SSSR count). The van der Waals surface area contributed by atoms with Crippen LogP contribution in [0.4, 0.5) is 0 Å². The van der Waals surface area contributed by atoms with Gasteiger partial charge in [0.25, 0.3) is 0 Å². The summed E-state index contributed by atoms with van der Waals surface area (Å²) in [6.07, 6.45) is 9.89. The van der Waals surface area contributed by atoms with E-state index in [1.54, 1.807) is 0 Å². The van der Waals surface area contributed by atoms with Crippen molar-refractivity contribution in [2.75, 3.05) is 14.1 Å². The van der Waals surface area contributed by atoms with Crippen LogP contribution in [-0.4, -0.2) is 25.0 Å². The van der Waals surface area contributed by atoms with Crippen LogP contribution in [0.25, 0.3) is 0 Å². The largest absolute Gasteiger partial charge is 0.294 e. The Morgan fingerprint density at radius 1 is 1.12 bits per heavy atom. The Labute approximate surface area is 105 Å². The average molecular weight is 232 g/mol. The van der Waals surface area contributed by atoms with Crippen molar-refractivity contribution in [1.29, 1.82) is 5.26 Å². The van der Waals surface area contributed by atoms with E-state index in [-0.39, 0.29) is 6.04 Å². The van der Waals surface area contributed by atoms with E-state index in [1.807, 2.05) is 14.1 Å². The van der Waals surface area contributed by atoms with Crippen molar-refractivity contribution in [1.82, 2.24) is 4.90 Å². The van der Waals surface area contributed by atoms with Crippen LogP contribution in [0.3, 0.4) is 0 Å². The lowest BCUT2D eigenvalue weighted by atomic mass is 9.48. The van der Waals surface area contributed by atoms with Crippen LogP contribution < -0.4 is 0 Å². The fourth-order valence-corrected chi connectivity index (χ4v) is 5.29. The molecule has 0 N–H and O–H groups in total. The van der Waals surface area contributed by atoms with E-state index in [9.17, 15) is 5.26 Å². The highest BCUT2D eigenvalue weighted by Gasteiger charge is 2.51. The number of rotatable bonds is 3. The van der Waals surface area contributed by atoms with Crippen molar-refractivity contribution < 1.29 is 0 Å². The normalized spacial score (nSPS) is 44.9. The molecule has 4 aliphatic rings. The molecule has 0 heterocycles. The lowest BCUT2D eigenvalue weighted by molar-refractivity contribution is -0.0636. The van der Waals surface area contributed by atoms with Gasteiger partial charge in [-0.05, 0) is 82.2 Å². The summed E-state index contributed by atoms with van der Waals surface area (Å²) in [6.45, 7) is 0. The summed E-state index contributed by atoms with van der Waals surface area (Å²) >= 11 is 0. The molecule has 2 heteroatoms. The monoisotopic (exact) mass is 232 g/mol. The zero-order chi connectivity index (χ0) is 12.0. The minimum Gasteiger partial charge on any atom is -0.294 e. The molecule has 1 atom stereocenters. The predicted octanol–water partition coefficient (Wildman–Crippen LogP) is 3.05. The van der Waals surface area contributed by atoms with Gasteiger partial charge in [-0.3, -0.25) is 4.90 Å². The third-order valence-electron chi connectivity index (χ3n) is 5.56. The summed E-state index contributed by atoms with van der Waals surface area (Å²) in [5, 5.41) is 9.31. The van der Waals surface area contributed by atoms with Gasteiger partial charge >= 0.3 is 0 Å². The fraction of sp³-hybridized carbons (Fsp3) is 0.933.